The molecule has 0 radical (unpaired) electrons. The minimum absolute atomic E-state index is 0.249. The summed E-state index contributed by atoms with van der Waals surface area (Å²) >= 11 is 7.17. The second kappa shape index (κ2) is 6.46. The minimum atomic E-state index is -0.249. The van der Waals surface area contributed by atoms with Crippen molar-refractivity contribution in [1.82, 2.24) is 4.98 Å². The first-order chi connectivity index (χ1) is 12.2. The second-order valence-corrected chi connectivity index (χ2v) is 7.34. The van der Waals surface area contributed by atoms with Crippen molar-refractivity contribution < 1.29 is 4.79 Å². The Morgan fingerprint density at radius 1 is 1.28 bits per heavy atom. The zero-order chi connectivity index (χ0) is 17.4. The Balaban J connectivity index is 1.72. The zero-order valence-corrected chi connectivity index (χ0v) is 14.7. The van der Waals surface area contributed by atoms with Gasteiger partial charge in [-0.05, 0) is 43.2 Å². The van der Waals surface area contributed by atoms with E-state index >= 15 is 0 Å². The summed E-state index contributed by atoms with van der Waals surface area (Å²) in [7, 11) is 0. The van der Waals surface area contributed by atoms with E-state index in [4.69, 9.17) is 17.0 Å². The van der Waals surface area contributed by atoms with Crippen molar-refractivity contribution in [3.8, 4) is 0 Å². The van der Waals surface area contributed by atoms with Crippen LogP contribution < -0.4 is 10.6 Å². The van der Waals surface area contributed by atoms with E-state index in [1.54, 1.807) is 30.5 Å². The lowest BCUT2D eigenvalue weighted by atomic mass is 10.1. The Bertz CT molecular complexity index is 963. The first-order valence-electron chi connectivity index (χ1n) is 7.91. The highest BCUT2D eigenvalue weighted by Crippen LogP contribution is 2.36. The molecule has 2 heterocycles. The number of nitrogens with zero attached hydrogens (tertiary/aromatic N) is 1. The number of hydrogen-bond donors (Lipinski definition) is 3. The molecule has 126 valence electrons. The second-order valence-electron chi connectivity index (χ2n) is 5.91. The zero-order valence-electron chi connectivity index (χ0n) is 13.2. The van der Waals surface area contributed by atoms with Gasteiger partial charge >= 0.3 is 0 Å². The third-order valence-corrected chi connectivity index (χ3v) is 5.38. The quantitative estimate of drug-likeness (QED) is 0.566. The lowest BCUT2D eigenvalue weighted by molar-refractivity contribution is 0.103. The van der Waals surface area contributed by atoms with E-state index < -0.39 is 0 Å². The van der Waals surface area contributed by atoms with Gasteiger partial charge in [0.2, 0.25) is 0 Å². The van der Waals surface area contributed by atoms with Crippen molar-refractivity contribution >= 4 is 56.7 Å². The number of fused-ring (bicyclic) bond motifs is 1. The van der Waals surface area contributed by atoms with Crippen molar-refractivity contribution in [3.63, 3.8) is 0 Å². The molecular formula is C18H15ClN4OS. The summed E-state index contributed by atoms with van der Waals surface area (Å²) < 4.78 is 0. The number of carbonyl (C=O) groups excluding carboxylic acids is 1. The minimum Gasteiger partial charge on any atom is -0.382 e. The molecule has 1 saturated carbocycles. The van der Waals surface area contributed by atoms with Gasteiger partial charge in [0, 0.05) is 45.8 Å². The van der Waals surface area contributed by atoms with Crippen LogP contribution >= 0.6 is 22.9 Å². The number of amides is 1. The molecule has 0 spiro atoms. The van der Waals surface area contributed by atoms with E-state index in [1.807, 2.05) is 6.07 Å². The number of nitrogens with one attached hydrogen (secondary N) is 3. The smallest absolute Gasteiger partial charge is 0.266 e. The number of halogens is 1. The summed E-state index contributed by atoms with van der Waals surface area (Å²) in [4.78, 5) is 18.3. The van der Waals surface area contributed by atoms with Gasteiger partial charge < -0.3 is 16.0 Å². The topological polar surface area (TPSA) is 77.9 Å². The molecule has 0 unspecified atom stereocenters. The standard InChI is InChI=1S/C18H15ClN4OS/c19-10-1-3-12(4-2-10)23-17(24)16-13(9-20)15-14(22-11-5-6-11)7-8-21-18(15)25-16/h1-4,7-9,11,20H,5-6H2,(H,21,22)(H,23,24). The van der Waals surface area contributed by atoms with Gasteiger partial charge in [0.15, 0.2) is 0 Å². The Labute approximate surface area is 153 Å². The SMILES string of the molecule is N=Cc1c(C(=O)Nc2ccc(Cl)cc2)sc2nccc(NC3CC3)c12. The number of rotatable bonds is 5. The number of aromatic nitrogens is 1. The molecule has 1 aliphatic rings. The van der Waals surface area contributed by atoms with Gasteiger partial charge in [0.1, 0.15) is 9.71 Å². The van der Waals surface area contributed by atoms with Gasteiger partial charge in [-0.3, -0.25) is 4.79 Å². The summed E-state index contributed by atoms with van der Waals surface area (Å²) in [6.45, 7) is 0. The predicted octanol–water partition coefficient (Wildman–Crippen LogP) is 4.77. The molecule has 0 saturated heterocycles. The van der Waals surface area contributed by atoms with Crippen LogP contribution in [0.25, 0.3) is 10.2 Å². The summed E-state index contributed by atoms with van der Waals surface area (Å²) in [6.07, 6.45) is 5.27. The first kappa shape index (κ1) is 16.1. The molecule has 0 atom stereocenters. The van der Waals surface area contributed by atoms with E-state index in [2.05, 4.69) is 15.6 Å². The molecule has 25 heavy (non-hydrogen) atoms. The van der Waals surface area contributed by atoms with Gasteiger partial charge in [0.05, 0.1) is 0 Å². The van der Waals surface area contributed by atoms with Crippen molar-refractivity contribution in [2.45, 2.75) is 18.9 Å². The monoisotopic (exact) mass is 370 g/mol. The molecule has 1 aliphatic carbocycles. The lowest BCUT2D eigenvalue weighted by Crippen LogP contribution is -2.12. The summed E-state index contributed by atoms with van der Waals surface area (Å²) in [5.41, 5.74) is 2.20. The Morgan fingerprint density at radius 3 is 2.72 bits per heavy atom. The Hall–Kier alpha value is -2.44. The third kappa shape index (κ3) is 3.23. The normalized spacial score (nSPS) is 13.6. The fraction of sp³-hybridized carbons (Fsp3) is 0.167. The molecule has 3 N–H and O–H groups in total. The Morgan fingerprint density at radius 2 is 2.04 bits per heavy atom. The highest BCUT2D eigenvalue weighted by atomic mass is 35.5. The molecule has 1 amide bonds. The maximum absolute atomic E-state index is 12.7. The van der Waals surface area contributed by atoms with E-state index in [-0.39, 0.29) is 5.91 Å². The van der Waals surface area contributed by atoms with Gasteiger partial charge in [0.25, 0.3) is 5.91 Å². The fourth-order valence-electron chi connectivity index (χ4n) is 2.64. The van der Waals surface area contributed by atoms with E-state index in [1.165, 1.54) is 17.6 Å². The first-order valence-corrected chi connectivity index (χ1v) is 9.10. The van der Waals surface area contributed by atoms with Crippen LogP contribution in [0.1, 0.15) is 28.1 Å². The average molecular weight is 371 g/mol. The molecule has 2 aromatic heterocycles. The third-order valence-electron chi connectivity index (χ3n) is 4.02. The van der Waals surface area contributed by atoms with Crippen LogP contribution in [0.15, 0.2) is 36.5 Å². The molecule has 7 heteroatoms. The van der Waals surface area contributed by atoms with Gasteiger partial charge in [-0.25, -0.2) is 4.98 Å². The number of benzene rings is 1. The van der Waals surface area contributed by atoms with Gasteiger partial charge in [-0.2, -0.15) is 0 Å². The Kier molecular flexibility index (Phi) is 4.15. The molecule has 4 rings (SSSR count). The fourth-order valence-corrected chi connectivity index (χ4v) is 3.81. The number of anilines is 2. The van der Waals surface area contributed by atoms with Crippen molar-refractivity contribution in [1.29, 1.82) is 5.41 Å². The number of thiophene rings is 1. The largest absolute Gasteiger partial charge is 0.382 e. The summed E-state index contributed by atoms with van der Waals surface area (Å²) in [6, 6.07) is 9.32. The summed E-state index contributed by atoms with van der Waals surface area (Å²) in [5.74, 6) is -0.249. The van der Waals surface area contributed by atoms with Crippen molar-refractivity contribution in [2.75, 3.05) is 10.6 Å². The van der Waals surface area contributed by atoms with Crippen molar-refractivity contribution in [3.05, 3.63) is 52.0 Å². The van der Waals surface area contributed by atoms with Crippen LogP contribution in [0, 0.1) is 5.41 Å². The molecule has 1 fully saturated rings. The predicted molar refractivity (Wildman–Crippen MR) is 104 cm³/mol. The van der Waals surface area contributed by atoms with Crippen LogP contribution in [-0.4, -0.2) is 23.1 Å². The maximum Gasteiger partial charge on any atom is 0.266 e. The molecule has 0 bridgehead atoms. The van der Waals surface area contributed by atoms with Gasteiger partial charge in [-0.15, -0.1) is 11.3 Å². The van der Waals surface area contributed by atoms with Crippen LogP contribution in [0.2, 0.25) is 5.02 Å². The summed E-state index contributed by atoms with van der Waals surface area (Å²) in [5, 5.41) is 15.6. The maximum atomic E-state index is 12.7. The van der Waals surface area contributed by atoms with E-state index in [0.717, 1.165) is 28.7 Å². The lowest BCUT2D eigenvalue weighted by Gasteiger charge is -2.07. The highest BCUT2D eigenvalue weighted by Gasteiger charge is 2.25. The molecular weight excluding hydrogens is 356 g/mol. The average Bonchev–Trinajstić information content (AvgIpc) is 3.34. The van der Waals surface area contributed by atoms with E-state index in [0.29, 0.717) is 27.2 Å². The molecule has 1 aromatic carbocycles. The van der Waals surface area contributed by atoms with Crippen LogP contribution in [-0.2, 0) is 0 Å². The van der Waals surface area contributed by atoms with Crippen molar-refractivity contribution in [2.24, 2.45) is 0 Å². The molecule has 5 nitrogen and oxygen atoms in total. The van der Waals surface area contributed by atoms with Gasteiger partial charge in [-0.1, -0.05) is 11.6 Å². The van der Waals surface area contributed by atoms with Crippen LogP contribution in [0.4, 0.5) is 11.4 Å². The molecule has 0 aliphatic heterocycles. The van der Waals surface area contributed by atoms with Crippen LogP contribution in [0.3, 0.4) is 0 Å². The number of hydrogen-bond acceptors (Lipinski definition) is 5. The van der Waals surface area contributed by atoms with E-state index in [9.17, 15) is 4.79 Å². The van der Waals surface area contributed by atoms with Crippen LogP contribution in [0.5, 0.6) is 0 Å². The highest BCUT2D eigenvalue weighted by molar-refractivity contribution is 7.21. The molecule has 3 aromatic rings. The number of carbonyl (C=O) groups is 1. The number of pyridine rings is 1.